The van der Waals surface area contributed by atoms with Gasteiger partial charge >= 0.3 is 5.97 Å². The Morgan fingerprint density at radius 3 is 2.76 bits per heavy atom. The van der Waals surface area contributed by atoms with E-state index in [4.69, 9.17) is 10.8 Å². The lowest BCUT2D eigenvalue weighted by molar-refractivity contribution is -0.148. The molecule has 0 aromatic heterocycles. The van der Waals surface area contributed by atoms with Crippen molar-refractivity contribution < 1.29 is 19.8 Å². The van der Waals surface area contributed by atoms with Crippen LogP contribution in [0, 0.1) is 0 Å². The van der Waals surface area contributed by atoms with Gasteiger partial charge in [0.1, 0.15) is 6.04 Å². The van der Waals surface area contributed by atoms with Gasteiger partial charge in [0.05, 0.1) is 12.1 Å². The zero-order chi connectivity index (χ0) is 13.0. The van der Waals surface area contributed by atoms with Crippen molar-refractivity contribution >= 4 is 23.6 Å². The van der Waals surface area contributed by atoms with Gasteiger partial charge in [-0.15, -0.1) is 0 Å². The Bertz CT molecular complexity index is 300. The zero-order valence-electron chi connectivity index (χ0n) is 9.70. The molecule has 1 aliphatic heterocycles. The number of rotatable bonds is 5. The van der Waals surface area contributed by atoms with E-state index < -0.39 is 24.2 Å². The Labute approximate surface area is 104 Å². The number of carboxylic acid groups (broad SMARTS) is 1. The Morgan fingerprint density at radius 1 is 1.59 bits per heavy atom. The highest BCUT2D eigenvalue weighted by atomic mass is 32.2. The average Bonchev–Trinajstić information content (AvgIpc) is 2.67. The van der Waals surface area contributed by atoms with Gasteiger partial charge in [-0.3, -0.25) is 4.79 Å². The molecule has 6 nitrogen and oxygen atoms in total. The van der Waals surface area contributed by atoms with E-state index in [1.54, 1.807) is 11.8 Å². The van der Waals surface area contributed by atoms with Crippen molar-refractivity contribution in [3.8, 4) is 0 Å². The first-order chi connectivity index (χ1) is 7.97. The summed E-state index contributed by atoms with van der Waals surface area (Å²) < 4.78 is 0. The number of thioether (sulfide) groups is 1. The van der Waals surface area contributed by atoms with E-state index in [-0.39, 0.29) is 18.9 Å². The zero-order valence-corrected chi connectivity index (χ0v) is 10.5. The van der Waals surface area contributed by atoms with Gasteiger partial charge < -0.3 is 20.8 Å². The van der Waals surface area contributed by atoms with Gasteiger partial charge in [0, 0.05) is 13.0 Å². The van der Waals surface area contributed by atoms with Crippen LogP contribution in [0.15, 0.2) is 0 Å². The molecular formula is C10H18N2O4S. The summed E-state index contributed by atoms with van der Waals surface area (Å²) in [5.74, 6) is -0.726. The highest BCUT2D eigenvalue weighted by Crippen LogP contribution is 2.19. The number of carbonyl (C=O) groups excluding carboxylic acids is 1. The molecule has 1 fully saturated rings. The largest absolute Gasteiger partial charge is 0.480 e. The summed E-state index contributed by atoms with van der Waals surface area (Å²) in [6.45, 7) is 0.0583. The Balaban J connectivity index is 2.63. The van der Waals surface area contributed by atoms with Crippen LogP contribution in [-0.4, -0.2) is 63.7 Å². The van der Waals surface area contributed by atoms with Crippen molar-refractivity contribution in [2.24, 2.45) is 5.73 Å². The molecule has 0 spiro atoms. The Hall–Kier alpha value is -0.790. The molecule has 1 rings (SSSR count). The summed E-state index contributed by atoms with van der Waals surface area (Å²) in [6.07, 6.45) is 1.74. The SMILES string of the molecule is CSCC[C@@H](N)C(=O)N1C[C@H](O)C[C@H]1C(=O)O. The number of nitrogens with two attached hydrogens (primary N) is 1. The van der Waals surface area contributed by atoms with E-state index in [0.717, 1.165) is 5.75 Å². The molecule has 7 heteroatoms. The van der Waals surface area contributed by atoms with Gasteiger partial charge in [-0.2, -0.15) is 11.8 Å². The molecule has 1 saturated heterocycles. The predicted octanol–water partition coefficient (Wildman–Crippen LogP) is -0.887. The van der Waals surface area contributed by atoms with Crippen LogP contribution >= 0.6 is 11.8 Å². The number of amides is 1. The van der Waals surface area contributed by atoms with Crippen LogP contribution in [0.1, 0.15) is 12.8 Å². The number of aliphatic carboxylic acids is 1. The predicted molar refractivity (Wildman–Crippen MR) is 64.7 cm³/mol. The fourth-order valence-electron chi connectivity index (χ4n) is 1.87. The van der Waals surface area contributed by atoms with Crippen molar-refractivity contribution in [3.05, 3.63) is 0 Å². The second kappa shape index (κ2) is 6.23. The molecule has 0 aromatic rings. The molecule has 3 atom stereocenters. The number of β-amino-alcohol motifs (C(OH)–C–C–N with tert-alkyl or cyclic N) is 1. The summed E-state index contributed by atoms with van der Waals surface area (Å²) in [5.41, 5.74) is 5.71. The molecule has 1 aliphatic rings. The second-order valence-electron chi connectivity index (χ2n) is 4.12. The minimum Gasteiger partial charge on any atom is -0.480 e. The Morgan fingerprint density at radius 2 is 2.24 bits per heavy atom. The third kappa shape index (κ3) is 3.58. The minimum atomic E-state index is -1.09. The number of nitrogens with zero attached hydrogens (tertiary/aromatic N) is 1. The number of hydrogen-bond donors (Lipinski definition) is 3. The summed E-state index contributed by atoms with van der Waals surface area (Å²) in [4.78, 5) is 24.1. The van der Waals surface area contributed by atoms with Crippen molar-refractivity contribution in [2.75, 3.05) is 18.6 Å². The summed E-state index contributed by atoms with van der Waals surface area (Å²) in [5, 5.41) is 18.4. The van der Waals surface area contributed by atoms with Gasteiger partial charge in [0.2, 0.25) is 5.91 Å². The molecule has 0 aliphatic carbocycles. The van der Waals surface area contributed by atoms with Crippen LogP contribution in [0.4, 0.5) is 0 Å². The highest BCUT2D eigenvalue weighted by Gasteiger charge is 2.40. The van der Waals surface area contributed by atoms with E-state index in [1.807, 2.05) is 6.26 Å². The summed E-state index contributed by atoms with van der Waals surface area (Å²) >= 11 is 1.58. The molecule has 1 amide bonds. The fourth-order valence-corrected chi connectivity index (χ4v) is 2.36. The molecule has 0 saturated carbocycles. The number of hydrogen-bond acceptors (Lipinski definition) is 5. The summed E-state index contributed by atoms with van der Waals surface area (Å²) in [7, 11) is 0. The molecule has 0 unspecified atom stereocenters. The quantitative estimate of drug-likeness (QED) is 0.594. The van der Waals surface area contributed by atoms with Gasteiger partial charge in [-0.1, -0.05) is 0 Å². The van der Waals surface area contributed by atoms with Crippen molar-refractivity contribution in [1.82, 2.24) is 4.90 Å². The highest BCUT2D eigenvalue weighted by molar-refractivity contribution is 7.98. The Kier molecular flexibility index (Phi) is 5.23. The van der Waals surface area contributed by atoms with E-state index in [1.165, 1.54) is 4.90 Å². The average molecular weight is 262 g/mol. The van der Waals surface area contributed by atoms with Crippen LogP contribution < -0.4 is 5.73 Å². The van der Waals surface area contributed by atoms with Gasteiger partial charge in [-0.25, -0.2) is 4.79 Å². The van der Waals surface area contributed by atoms with Crippen LogP contribution in [0.5, 0.6) is 0 Å². The first kappa shape index (κ1) is 14.3. The van der Waals surface area contributed by atoms with Crippen molar-refractivity contribution in [3.63, 3.8) is 0 Å². The third-order valence-electron chi connectivity index (χ3n) is 2.80. The van der Waals surface area contributed by atoms with Crippen LogP contribution in [0.25, 0.3) is 0 Å². The first-order valence-corrected chi connectivity index (χ1v) is 6.82. The van der Waals surface area contributed by atoms with Crippen molar-refractivity contribution in [1.29, 1.82) is 0 Å². The number of carboxylic acids is 1. The molecule has 17 heavy (non-hydrogen) atoms. The maximum Gasteiger partial charge on any atom is 0.326 e. The maximum atomic E-state index is 11.9. The standard InChI is InChI=1S/C10H18N2O4S/c1-17-3-2-7(11)9(14)12-5-6(13)4-8(12)10(15)16/h6-8,13H,2-5,11H2,1H3,(H,15,16)/t6-,7-,8+/m1/s1. The topological polar surface area (TPSA) is 104 Å². The molecule has 98 valence electrons. The molecule has 0 radical (unpaired) electrons. The van der Waals surface area contributed by atoms with Crippen LogP contribution in [0.3, 0.4) is 0 Å². The maximum absolute atomic E-state index is 11.9. The number of carbonyl (C=O) groups is 2. The summed E-state index contributed by atoms with van der Waals surface area (Å²) in [6, 6.07) is -1.63. The van der Waals surface area contributed by atoms with E-state index >= 15 is 0 Å². The normalized spacial score (nSPS) is 25.9. The number of likely N-dealkylation sites (tertiary alicyclic amines) is 1. The van der Waals surface area contributed by atoms with E-state index in [0.29, 0.717) is 6.42 Å². The molecule has 0 aromatic carbocycles. The van der Waals surface area contributed by atoms with Gasteiger partial charge in [0.25, 0.3) is 0 Å². The first-order valence-electron chi connectivity index (χ1n) is 5.43. The number of aliphatic hydroxyl groups is 1. The third-order valence-corrected chi connectivity index (χ3v) is 3.44. The van der Waals surface area contributed by atoms with Crippen LogP contribution in [-0.2, 0) is 9.59 Å². The lowest BCUT2D eigenvalue weighted by atomic mass is 10.1. The van der Waals surface area contributed by atoms with Gasteiger partial charge in [-0.05, 0) is 18.4 Å². The van der Waals surface area contributed by atoms with E-state index in [2.05, 4.69) is 0 Å². The number of aliphatic hydroxyl groups excluding tert-OH is 1. The molecule has 4 N–H and O–H groups in total. The van der Waals surface area contributed by atoms with E-state index in [9.17, 15) is 14.7 Å². The minimum absolute atomic E-state index is 0.0583. The molecule has 0 bridgehead atoms. The van der Waals surface area contributed by atoms with Crippen molar-refractivity contribution in [2.45, 2.75) is 31.0 Å². The lowest BCUT2D eigenvalue weighted by Crippen LogP contribution is -2.48. The van der Waals surface area contributed by atoms with Gasteiger partial charge in [0.15, 0.2) is 0 Å². The molecule has 1 heterocycles. The fraction of sp³-hybridized carbons (Fsp3) is 0.800. The monoisotopic (exact) mass is 262 g/mol. The smallest absolute Gasteiger partial charge is 0.326 e. The lowest BCUT2D eigenvalue weighted by Gasteiger charge is -2.24. The van der Waals surface area contributed by atoms with Crippen LogP contribution in [0.2, 0.25) is 0 Å². The second-order valence-corrected chi connectivity index (χ2v) is 5.11. The molecular weight excluding hydrogens is 244 g/mol.